The summed E-state index contributed by atoms with van der Waals surface area (Å²) in [4.78, 5) is 28.6. The van der Waals surface area contributed by atoms with Crippen LogP contribution in [0.3, 0.4) is 0 Å². The van der Waals surface area contributed by atoms with E-state index in [1.165, 1.54) is 0 Å². The number of benzene rings is 1. The summed E-state index contributed by atoms with van der Waals surface area (Å²) in [6.07, 6.45) is 0.645. The van der Waals surface area contributed by atoms with Crippen LogP contribution >= 0.6 is 24.8 Å². The second-order valence-corrected chi connectivity index (χ2v) is 6.90. The number of carbonyl (C=O) groups is 2. The Balaban J connectivity index is 0.00000312. The lowest BCUT2D eigenvalue weighted by atomic mass is 10.0. The maximum atomic E-state index is 12.5. The molecule has 8 heteroatoms. The molecule has 26 heavy (non-hydrogen) atoms. The molecule has 2 rings (SSSR count). The largest absolute Gasteiger partial charge is 0.336 e. The molecule has 0 spiro atoms. The minimum Gasteiger partial charge on any atom is -0.336 e. The number of nitrogens with one attached hydrogen (secondary N) is 1. The van der Waals surface area contributed by atoms with Crippen LogP contribution in [0.25, 0.3) is 0 Å². The van der Waals surface area contributed by atoms with Gasteiger partial charge in [0.1, 0.15) is 0 Å². The first-order valence-corrected chi connectivity index (χ1v) is 8.51. The summed E-state index contributed by atoms with van der Waals surface area (Å²) < 4.78 is 0. The summed E-state index contributed by atoms with van der Waals surface area (Å²) in [5, 5.41) is 2.80. The third-order valence-corrected chi connectivity index (χ3v) is 4.25. The summed E-state index contributed by atoms with van der Waals surface area (Å²) >= 11 is 0. The van der Waals surface area contributed by atoms with Gasteiger partial charge in [-0.05, 0) is 43.7 Å². The monoisotopic (exact) mass is 404 g/mol. The summed E-state index contributed by atoms with van der Waals surface area (Å²) in [5.74, 6) is 0.216. The summed E-state index contributed by atoms with van der Waals surface area (Å²) in [6, 6.07) is 6.50. The fourth-order valence-corrected chi connectivity index (χ4v) is 2.74. The van der Waals surface area contributed by atoms with Crippen LogP contribution in [-0.2, 0) is 4.79 Å². The first-order valence-electron chi connectivity index (χ1n) is 8.51. The van der Waals surface area contributed by atoms with E-state index in [2.05, 4.69) is 17.3 Å². The maximum absolute atomic E-state index is 12.5. The molecule has 1 aliphatic rings. The molecular formula is C18H30Cl2N4O2. The van der Waals surface area contributed by atoms with Crippen LogP contribution in [0.5, 0.6) is 0 Å². The highest BCUT2D eigenvalue weighted by Gasteiger charge is 2.20. The third-order valence-electron chi connectivity index (χ3n) is 4.25. The maximum Gasteiger partial charge on any atom is 0.253 e. The molecule has 1 heterocycles. The molecule has 0 saturated carbocycles. The van der Waals surface area contributed by atoms with Crippen LogP contribution in [0.2, 0.25) is 0 Å². The Morgan fingerprint density at radius 3 is 2.12 bits per heavy atom. The fraction of sp³-hybridized carbons (Fsp3) is 0.556. The number of hydrogen-bond acceptors (Lipinski definition) is 4. The van der Waals surface area contributed by atoms with Crippen molar-refractivity contribution in [2.45, 2.75) is 26.3 Å². The van der Waals surface area contributed by atoms with Gasteiger partial charge in [0.05, 0.1) is 6.04 Å². The van der Waals surface area contributed by atoms with E-state index >= 15 is 0 Å². The van der Waals surface area contributed by atoms with Gasteiger partial charge >= 0.3 is 0 Å². The zero-order chi connectivity index (χ0) is 17.7. The number of halogens is 2. The predicted octanol–water partition coefficient (Wildman–Crippen LogP) is 2.23. The van der Waals surface area contributed by atoms with Crippen molar-refractivity contribution in [1.82, 2.24) is 9.80 Å². The lowest BCUT2D eigenvalue weighted by Gasteiger charge is -2.32. The van der Waals surface area contributed by atoms with Crippen LogP contribution in [0.15, 0.2) is 24.3 Å². The summed E-state index contributed by atoms with van der Waals surface area (Å²) in [5.41, 5.74) is 7.18. The van der Waals surface area contributed by atoms with Gasteiger partial charge in [-0.2, -0.15) is 0 Å². The van der Waals surface area contributed by atoms with E-state index in [0.29, 0.717) is 23.6 Å². The Morgan fingerprint density at radius 2 is 1.62 bits per heavy atom. The summed E-state index contributed by atoms with van der Waals surface area (Å²) in [6.45, 7) is 7.36. The minimum absolute atomic E-state index is 0. The molecular weight excluding hydrogens is 375 g/mol. The lowest BCUT2D eigenvalue weighted by molar-refractivity contribution is -0.117. The minimum atomic E-state index is -0.517. The van der Waals surface area contributed by atoms with Gasteiger partial charge in [-0.3, -0.25) is 9.59 Å². The van der Waals surface area contributed by atoms with E-state index in [1.807, 2.05) is 18.7 Å². The highest BCUT2D eigenvalue weighted by atomic mass is 35.5. The first-order chi connectivity index (χ1) is 11.4. The van der Waals surface area contributed by atoms with E-state index in [0.717, 1.165) is 26.2 Å². The Bertz CT molecular complexity index is 573. The Morgan fingerprint density at radius 1 is 1.08 bits per heavy atom. The molecule has 0 radical (unpaired) electrons. The molecule has 0 aromatic heterocycles. The Hall–Kier alpha value is -1.34. The molecule has 1 fully saturated rings. The van der Waals surface area contributed by atoms with Gasteiger partial charge in [-0.1, -0.05) is 13.8 Å². The van der Waals surface area contributed by atoms with Crippen LogP contribution in [-0.4, -0.2) is 60.9 Å². The van der Waals surface area contributed by atoms with Crippen molar-refractivity contribution in [3.05, 3.63) is 29.8 Å². The van der Waals surface area contributed by atoms with E-state index in [1.54, 1.807) is 24.3 Å². The van der Waals surface area contributed by atoms with Crippen molar-refractivity contribution >= 4 is 42.3 Å². The fourth-order valence-electron chi connectivity index (χ4n) is 2.74. The van der Waals surface area contributed by atoms with Crippen LogP contribution in [0, 0.1) is 5.92 Å². The number of nitrogens with zero attached hydrogens (tertiary/aromatic N) is 2. The van der Waals surface area contributed by atoms with Gasteiger partial charge in [0.25, 0.3) is 5.91 Å². The molecule has 1 aromatic carbocycles. The molecule has 1 aliphatic heterocycles. The van der Waals surface area contributed by atoms with Crippen LogP contribution in [0.4, 0.5) is 5.69 Å². The second kappa shape index (κ2) is 11.4. The molecule has 148 valence electrons. The number of amides is 2. The van der Waals surface area contributed by atoms with Gasteiger partial charge in [-0.15, -0.1) is 24.8 Å². The van der Waals surface area contributed by atoms with Crippen molar-refractivity contribution in [1.29, 1.82) is 0 Å². The standard InChI is InChI=1S/C18H28N4O2.2ClH/c1-13(2)12-16(19)17(23)20-15-6-4-14(5-7-15)18(24)22-10-8-21(3)9-11-22;;/h4-7,13,16H,8-12,19H2,1-3H3,(H,20,23);2*1H/t16-;;/m0../s1. The zero-order valence-corrected chi connectivity index (χ0v) is 17.2. The highest BCUT2D eigenvalue weighted by molar-refractivity contribution is 5.97. The van der Waals surface area contributed by atoms with Crippen LogP contribution in [0.1, 0.15) is 30.6 Å². The molecule has 3 N–H and O–H groups in total. The van der Waals surface area contributed by atoms with Gasteiger partial charge in [0.2, 0.25) is 5.91 Å². The average Bonchev–Trinajstić information content (AvgIpc) is 2.55. The summed E-state index contributed by atoms with van der Waals surface area (Å²) in [7, 11) is 2.06. The van der Waals surface area contributed by atoms with Gasteiger partial charge in [0.15, 0.2) is 0 Å². The quantitative estimate of drug-likeness (QED) is 0.788. The Labute approximate surface area is 168 Å². The zero-order valence-electron chi connectivity index (χ0n) is 15.6. The smallest absolute Gasteiger partial charge is 0.253 e. The molecule has 1 atom stereocenters. The average molecular weight is 405 g/mol. The van der Waals surface area contributed by atoms with E-state index in [9.17, 15) is 9.59 Å². The molecule has 0 aliphatic carbocycles. The number of nitrogens with two attached hydrogens (primary N) is 1. The number of rotatable bonds is 5. The molecule has 2 amide bonds. The van der Waals surface area contributed by atoms with Crippen molar-refractivity contribution in [3.8, 4) is 0 Å². The van der Waals surface area contributed by atoms with E-state index in [4.69, 9.17) is 5.73 Å². The third kappa shape index (κ3) is 7.11. The van der Waals surface area contributed by atoms with E-state index in [-0.39, 0.29) is 36.6 Å². The van der Waals surface area contributed by atoms with Gasteiger partial charge in [0, 0.05) is 37.4 Å². The van der Waals surface area contributed by atoms with Crippen molar-refractivity contribution < 1.29 is 9.59 Å². The Kier molecular flexibility index (Phi) is 10.8. The number of hydrogen-bond donors (Lipinski definition) is 2. The predicted molar refractivity (Wildman–Crippen MR) is 110 cm³/mol. The second-order valence-electron chi connectivity index (χ2n) is 6.90. The molecule has 1 saturated heterocycles. The normalized spacial score (nSPS) is 15.7. The number of carbonyl (C=O) groups excluding carboxylic acids is 2. The van der Waals surface area contributed by atoms with Crippen molar-refractivity contribution in [2.24, 2.45) is 11.7 Å². The molecule has 6 nitrogen and oxygen atoms in total. The molecule has 1 aromatic rings. The highest BCUT2D eigenvalue weighted by Crippen LogP contribution is 2.14. The first kappa shape index (κ1) is 24.7. The number of likely N-dealkylation sites (N-methyl/N-ethyl adjacent to an activating group) is 1. The van der Waals surface area contributed by atoms with E-state index < -0.39 is 6.04 Å². The SMILES string of the molecule is CC(C)C[C@H](N)C(=O)Nc1ccc(C(=O)N2CCN(C)CC2)cc1.Cl.Cl. The van der Waals surface area contributed by atoms with Crippen molar-refractivity contribution in [3.63, 3.8) is 0 Å². The van der Waals surface area contributed by atoms with Crippen LogP contribution < -0.4 is 11.1 Å². The molecule has 0 unspecified atom stereocenters. The topological polar surface area (TPSA) is 78.7 Å². The number of piperazine rings is 1. The van der Waals surface area contributed by atoms with Crippen molar-refractivity contribution in [2.75, 3.05) is 38.5 Å². The molecule has 0 bridgehead atoms. The lowest BCUT2D eigenvalue weighted by Crippen LogP contribution is -2.47. The van der Waals surface area contributed by atoms with Gasteiger partial charge in [-0.25, -0.2) is 0 Å². The number of anilines is 1. The van der Waals surface area contributed by atoms with Gasteiger partial charge < -0.3 is 20.9 Å².